The maximum atomic E-state index is 13.2. The van der Waals surface area contributed by atoms with Gasteiger partial charge in [-0.15, -0.1) is 0 Å². The number of para-hydroxylation sites is 1. The molecule has 29 heavy (non-hydrogen) atoms. The molecule has 6 nitrogen and oxygen atoms in total. The van der Waals surface area contributed by atoms with Gasteiger partial charge in [-0.1, -0.05) is 43.0 Å². The van der Waals surface area contributed by atoms with Crippen LogP contribution in [-0.4, -0.2) is 22.7 Å². The average molecular weight is 410 g/mol. The van der Waals surface area contributed by atoms with E-state index in [2.05, 4.69) is 5.10 Å². The highest BCUT2D eigenvalue weighted by Gasteiger charge is 2.22. The van der Waals surface area contributed by atoms with Gasteiger partial charge in [-0.3, -0.25) is 4.79 Å². The van der Waals surface area contributed by atoms with Crippen LogP contribution in [0, 0.1) is 0 Å². The minimum Gasteiger partial charge on any atom is -0.454 e. The van der Waals surface area contributed by atoms with Gasteiger partial charge in [0, 0.05) is 17.5 Å². The lowest BCUT2D eigenvalue weighted by Crippen LogP contribution is -2.25. The molecule has 1 fully saturated rings. The van der Waals surface area contributed by atoms with Crippen LogP contribution in [0.4, 0.5) is 0 Å². The van der Waals surface area contributed by atoms with Crippen LogP contribution in [0.25, 0.3) is 10.9 Å². The van der Waals surface area contributed by atoms with E-state index < -0.39 is 0 Å². The molecule has 0 N–H and O–H groups in total. The maximum Gasteiger partial charge on any atom is 0.282 e. The van der Waals surface area contributed by atoms with E-state index in [9.17, 15) is 4.79 Å². The van der Waals surface area contributed by atoms with Crippen LogP contribution in [-0.2, 0) is 0 Å². The summed E-state index contributed by atoms with van der Waals surface area (Å²) in [7, 11) is 0. The Balaban J connectivity index is 1.62. The molecule has 7 heteroatoms. The first-order valence-electron chi connectivity index (χ1n) is 9.86. The Morgan fingerprint density at radius 3 is 2.69 bits per heavy atom. The van der Waals surface area contributed by atoms with Crippen molar-refractivity contribution in [3.8, 4) is 11.5 Å². The van der Waals surface area contributed by atoms with Gasteiger partial charge in [0.2, 0.25) is 6.79 Å². The SMILES string of the molecule is O=c1c2ccccc2nc(C2CCCCC2)n1N=Cc1cc2c(cc1Cl)OCO2. The van der Waals surface area contributed by atoms with Crippen molar-refractivity contribution in [3.05, 3.63) is 63.2 Å². The Bertz CT molecular complexity index is 1170. The molecule has 2 aliphatic rings. The van der Waals surface area contributed by atoms with Crippen LogP contribution >= 0.6 is 11.6 Å². The van der Waals surface area contributed by atoms with Gasteiger partial charge in [0.05, 0.1) is 22.1 Å². The standard InChI is InChI=1S/C22H20ClN3O3/c23-17-11-20-19(28-13-29-20)10-15(17)12-24-26-21(14-6-2-1-3-7-14)25-18-9-5-4-8-16(18)22(26)27/h4-5,8-12,14H,1-3,6-7,13H2. The molecule has 2 heterocycles. The van der Waals surface area contributed by atoms with Crippen LogP contribution in [0.1, 0.15) is 49.4 Å². The Labute approximate surface area is 172 Å². The van der Waals surface area contributed by atoms with E-state index >= 15 is 0 Å². The van der Waals surface area contributed by atoms with Crippen molar-refractivity contribution >= 4 is 28.7 Å². The lowest BCUT2D eigenvalue weighted by Gasteiger charge is -2.22. The first-order valence-corrected chi connectivity index (χ1v) is 10.2. The molecule has 0 bridgehead atoms. The molecule has 5 rings (SSSR count). The molecule has 0 spiro atoms. The molecular weight excluding hydrogens is 390 g/mol. The van der Waals surface area contributed by atoms with E-state index in [0.717, 1.165) is 31.5 Å². The first-order chi connectivity index (χ1) is 14.2. The van der Waals surface area contributed by atoms with Gasteiger partial charge in [-0.25, -0.2) is 4.98 Å². The number of ether oxygens (including phenoxy) is 2. The summed E-state index contributed by atoms with van der Waals surface area (Å²) in [4.78, 5) is 18.0. The van der Waals surface area contributed by atoms with Crippen LogP contribution in [0.15, 0.2) is 46.3 Å². The van der Waals surface area contributed by atoms with Crippen molar-refractivity contribution in [1.29, 1.82) is 0 Å². The Kier molecular flexibility index (Phi) is 4.72. The molecule has 148 valence electrons. The van der Waals surface area contributed by atoms with Crippen molar-refractivity contribution in [2.75, 3.05) is 6.79 Å². The minimum atomic E-state index is -0.163. The van der Waals surface area contributed by atoms with Crippen LogP contribution in [0.3, 0.4) is 0 Å². The monoisotopic (exact) mass is 409 g/mol. The lowest BCUT2D eigenvalue weighted by molar-refractivity contribution is 0.174. The number of hydrogen-bond acceptors (Lipinski definition) is 5. The number of nitrogens with zero attached hydrogens (tertiary/aromatic N) is 3. The summed E-state index contributed by atoms with van der Waals surface area (Å²) in [5, 5.41) is 5.57. The van der Waals surface area contributed by atoms with E-state index in [-0.39, 0.29) is 18.3 Å². The number of hydrogen-bond donors (Lipinski definition) is 0. The number of halogens is 1. The van der Waals surface area contributed by atoms with Crippen molar-refractivity contribution in [3.63, 3.8) is 0 Å². The van der Waals surface area contributed by atoms with Crippen molar-refractivity contribution in [2.45, 2.75) is 38.0 Å². The largest absolute Gasteiger partial charge is 0.454 e. The number of fused-ring (bicyclic) bond motifs is 2. The third kappa shape index (κ3) is 3.38. The smallest absolute Gasteiger partial charge is 0.282 e. The Morgan fingerprint density at radius 2 is 1.86 bits per heavy atom. The highest BCUT2D eigenvalue weighted by atomic mass is 35.5. The molecule has 2 aromatic carbocycles. The summed E-state index contributed by atoms with van der Waals surface area (Å²) in [5.74, 6) is 2.18. The minimum absolute atomic E-state index is 0.163. The Hall–Kier alpha value is -2.86. The van der Waals surface area contributed by atoms with Gasteiger partial charge >= 0.3 is 0 Å². The summed E-state index contributed by atoms with van der Waals surface area (Å²) < 4.78 is 12.2. The Morgan fingerprint density at radius 1 is 1.10 bits per heavy atom. The molecule has 1 aliphatic carbocycles. The van der Waals surface area contributed by atoms with Crippen LogP contribution in [0.5, 0.6) is 11.5 Å². The summed E-state index contributed by atoms with van der Waals surface area (Å²) in [5.41, 5.74) is 1.21. The highest BCUT2D eigenvalue weighted by molar-refractivity contribution is 6.33. The van der Waals surface area contributed by atoms with E-state index in [1.165, 1.54) is 11.1 Å². The van der Waals surface area contributed by atoms with Crippen molar-refractivity contribution in [2.24, 2.45) is 5.10 Å². The fourth-order valence-electron chi connectivity index (χ4n) is 4.03. The van der Waals surface area contributed by atoms with Crippen molar-refractivity contribution < 1.29 is 9.47 Å². The molecule has 0 amide bonds. The van der Waals surface area contributed by atoms with Gasteiger partial charge in [-0.2, -0.15) is 9.78 Å². The molecule has 0 radical (unpaired) electrons. The van der Waals surface area contributed by atoms with E-state index in [4.69, 9.17) is 26.1 Å². The lowest BCUT2D eigenvalue weighted by atomic mass is 9.88. The average Bonchev–Trinajstić information content (AvgIpc) is 3.20. The highest BCUT2D eigenvalue weighted by Crippen LogP contribution is 2.36. The van der Waals surface area contributed by atoms with Gasteiger partial charge in [0.15, 0.2) is 11.5 Å². The topological polar surface area (TPSA) is 65.7 Å². The molecule has 3 aromatic rings. The van der Waals surface area contributed by atoms with Crippen LogP contribution in [0.2, 0.25) is 5.02 Å². The fraction of sp³-hybridized carbons (Fsp3) is 0.318. The quantitative estimate of drug-likeness (QED) is 0.587. The predicted octanol–water partition coefficient (Wildman–Crippen LogP) is 4.71. The summed E-state index contributed by atoms with van der Waals surface area (Å²) in [6.45, 7) is 0.173. The predicted molar refractivity (Wildman–Crippen MR) is 112 cm³/mol. The van der Waals surface area contributed by atoms with E-state index in [1.807, 2.05) is 18.2 Å². The molecule has 1 saturated carbocycles. The molecular formula is C22H20ClN3O3. The fourth-order valence-corrected chi connectivity index (χ4v) is 4.23. The first kappa shape index (κ1) is 18.2. The summed E-state index contributed by atoms with van der Waals surface area (Å²) in [6.07, 6.45) is 7.14. The molecule has 0 saturated heterocycles. The molecule has 1 aromatic heterocycles. The second-order valence-electron chi connectivity index (χ2n) is 7.41. The maximum absolute atomic E-state index is 13.2. The number of aromatic nitrogens is 2. The summed E-state index contributed by atoms with van der Waals surface area (Å²) in [6, 6.07) is 10.9. The molecule has 0 unspecified atom stereocenters. The second-order valence-corrected chi connectivity index (χ2v) is 7.82. The number of benzene rings is 2. The van der Waals surface area contributed by atoms with Gasteiger partial charge in [0.1, 0.15) is 5.82 Å². The van der Waals surface area contributed by atoms with E-state index in [1.54, 1.807) is 24.4 Å². The third-order valence-electron chi connectivity index (χ3n) is 5.55. The zero-order chi connectivity index (χ0) is 19.8. The molecule has 0 atom stereocenters. The summed E-state index contributed by atoms with van der Waals surface area (Å²) >= 11 is 6.37. The zero-order valence-corrected chi connectivity index (χ0v) is 16.6. The molecule has 1 aliphatic heterocycles. The van der Waals surface area contributed by atoms with E-state index in [0.29, 0.717) is 33.0 Å². The zero-order valence-electron chi connectivity index (χ0n) is 15.8. The van der Waals surface area contributed by atoms with Crippen LogP contribution < -0.4 is 15.0 Å². The van der Waals surface area contributed by atoms with Crippen molar-refractivity contribution in [1.82, 2.24) is 9.66 Å². The van der Waals surface area contributed by atoms with Gasteiger partial charge in [-0.05, 0) is 31.0 Å². The third-order valence-corrected chi connectivity index (χ3v) is 5.88. The van der Waals surface area contributed by atoms with Gasteiger partial charge < -0.3 is 9.47 Å². The normalized spacial score (nSPS) is 16.7. The van der Waals surface area contributed by atoms with Gasteiger partial charge in [0.25, 0.3) is 5.56 Å². The second kappa shape index (κ2) is 7.52. The number of rotatable bonds is 3.